The lowest BCUT2D eigenvalue weighted by molar-refractivity contribution is 0.183. The van der Waals surface area contributed by atoms with Gasteiger partial charge in [0.05, 0.1) is 12.8 Å². The van der Waals surface area contributed by atoms with Crippen molar-refractivity contribution >= 4 is 11.8 Å². The van der Waals surface area contributed by atoms with Gasteiger partial charge in [0.1, 0.15) is 0 Å². The van der Waals surface area contributed by atoms with E-state index in [0.29, 0.717) is 12.5 Å². The van der Waals surface area contributed by atoms with Crippen molar-refractivity contribution < 1.29 is 9.13 Å². The highest BCUT2D eigenvalue weighted by molar-refractivity contribution is 5.40. The van der Waals surface area contributed by atoms with E-state index in [1.54, 1.807) is 0 Å². The Bertz CT molecular complexity index is 368. The number of ether oxygens (including phenoxy) is 1. The standard InChI is InChI=1S/C10H15FN4O/c1-6(7-2-3-16-5-7)14-9-8(11)4-13-10(12)15-9/h4,6-7H,2-3,5H2,1H3,(H3,12,13,14,15). The van der Waals surface area contributed by atoms with Crippen molar-refractivity contribution in [3.05, 3.63) is 12.0 Å². The molecule has 1 aliphatic heterocycles. The minimum absolute atomic E-state index is 0.0683. The molecule has 0 aromatic carbocycles. The highest BCUT2D eigenvalue weighted by atomic mass is 19.1. The van der Waals surface area contributed by atoms with Crippen LogP contribution in [0.25, 0.3) is 0 Å². The van der Waals surface area contributed by atoms with E-state index < -0.39 is 5.82 Å². The molecule has 0 saturated carbocycles. The van der Waals surface area contributed by atoms with E-state index >= 15 is 0 Å². The number of aromatic nitrogens is 2. The molecule has 6 heteroatoms. The lowest BCUT2D eigenvalue weighted by Crippen LogP contribution is -2.27. The molecule has 3 N–H and O–H groups in total. The predicted molar refractivity (Wildman–Crippen MR) is 58.4 cm³/mol. The van der Waals surface area contributed by atoms with Crippen molar-refractivity contribution in [2.75, 3.05) is 24.3 Å². The number of nitrogens with two attached hydrogens (primary N) is 1. The highest BCUT2D eigenvalue weighted by Gasteiger charge is 2.23. The SMILES string of the molecule is CC(Nc1nc(N)ncc1F)C1CCOC1. The van der Waals surface area contributed by atoms with Crippen LogP contribution in [0.1, 0.15) is 13.3 Å². The third-order valence-corrected chi connectivity index (χ3v) is 2.80. The third-order valence-electron chi connectivity index (χ3n) is 2.80. The molecule has 88 valence electrons. The summed E-state index contributed by atoms with van der Waals surface area (Å²) in [5.41, 5.74) is 5.40. The summed E-state index contributed by atoms with van der Waals surface area (Å²) >= 11 is 0. The van der Waals surface area contributed by atoms with Crippen molar-refractivity contribution in [3.8, 4) is 0 Å². The Morgan fingerprint density at radius 1 is 1.69 bits per heavy atom. The summed E-state index contributed by atoms with van der Waals surface area (Å²) < 4.78 is 18.6. The van der Waals surface area contributed by atoms with Crippen molar-refractivity contribution in [2.45, 2.75) is 19.4 Å². The van der Waals surface area contributed by atoms with Crippen LogP contribution in [0.5, 0.6) is 0 Å². The fraction of sp³-hybridized carbons (Fsp3) is 0.600. The number of nitrogens with zero attached hydrogens (tertiary/aromatic N) is 2. The number of hydrogen-bond acceptors (Lipinski definition) is 5. The van der Waals surface area contributed by atoms with Crippen molar-refractivity contribution in [1.82, 2.24) is 9.97 Å². The van der Waals surface area contributed by atoms with E-state index in [2.05, 4.69) is 15.3 Å². The minimum Gasteiger partial charge on any atom is -0.381 e. The molecule has 0 radical (unpaired) electrons. The maximum absolute atomic E-state index is 13.3. The molecule has 1 fully saturated rings. The number of nitrogens with one attached hydrogen (secondary N) is 1. The second-order valence-electron chi connectivity index (χ2n) is 3.98. The van der Waals surface area contributed by atoms with Crippen LogP contribution in [0.2, 0.25) is 0 Å². The molecule has 16 heavy (non-hydrogen) atoms. The summed E-state index contributed by atoms with van der Waals surface area (Å²) in [5, 5.41) is 3.01. The molecule has 1 saturated heterocycles. The van der Waals surface area contributed by atoms with Crippen LogP contribution in [0.15, 0.2) is 6.20 Å². The summed E-state index contributed by atoms with van der Waals surface area (Å²) in [6.07, 6.45) is 2.05. The third kappa shape index (κ3) is 2.38. The van der Waals surface area contributed by atoms with Crippen LogP contribution in [-0.2, 0) is 4.74 Å². The molecule has 2 heterocycles. The predicted octanol–water partition coefficient (Wildman–Crippen LogP) is 1.03. The molecular weight excluding hydrogens is 211 g/mol. The first kappa shape index (κ1) is 11.1. The van der Waals surface area contributed by atoms with Crippen molar-refractivity contribution in [3.63, 3.8) is 0 Å². The lowest BCUT2D eigenvalue weighted by atomic mass is 10.0. The van der Waals surface area contributed by atoms with Gasteiger partial charge in [0.25, 0.3) is 0 Å². The molecule has 0 bridgehead atoms. The van der Waals surface area contributed by atoms with Crippen LogP contribution in [0.4, 0.5) is 16.2 Å². The Hall–Kier alpha value is -1.43. The summed E-state index contributed by atoms with van der Waals surface area (Å²) in [6, 6.07) is 0.103. The van der Waals surface area contributed by atoms with E-state index in [-0.39, 0.29) is 17.8 Å². The second kappa shape index (κ2) is 4.61. The van der Waals surface area contributed by atoms with E-state index in [4.69, 9.17) is 10.5 Å². The van der Waals surface area contributed by atoms with E-state index in [9.17, 15) is 4.39 Å². The fourth-order valence-corrected chi connectivity index (χ4v) is 1.76. The van der Waals surface area contributed by atoms with Gasteiger partial charge in [-0.3, -0.25) is 0 Å². The van der Waals surface area contributed by atoms with Crippen LogP contribution >= 0.6 is 0 Å². The first-order valence-electron chi connectivity index (χ1n) is 5.29. The first-order valence-corrected chi connectivity index (χ1v) is 5.29. The average Bonchev–Trinajstić information content (AvgIpc) is 2.76. The molecular formula is C10H15FN4O. The fourth-order valence-electron chi connectivity index (χ4n) is 1.76. The highest BCUT2D eigenvalue weighted by Crippen LogP contribution is 2.20. The summed E-state index contributed by atoms with van der Waals surface area (Å²) in [7, 11) is 0. The van der Waals surface area contributed by atoms with Gasteiger partial charge in [-0.2, -0.15) is 4.98 Å². The number of halogens is 1. The minimum atomic E-state index is -0.486. The van der Waals surface area contributed by atoms with E-state index in [0.717, 1.165) is 19.2 Å². The molecule has 2 atom stereocenters. The monoisotopic (exact) mass is 226 g/mol. The van der Waals surface area contributed by atoms with Crippen molar-refractivity contribution in [2.24, 2.45) is 5.92 Å². The van der Waals surface area contributed by atoms with Gasteiger partial charge >= 0.3 is 0 Å². The zero-order valence-corrected chi connectivity index (χ0v) is 9.11. The summed E-state index contributed by atoms with van der Waals surface area (Å²) in [6.45, 7) is 3.46. The summed E-state index contributed by atoms with van der Waals surface area (Å²) in [5.74, 6) is 0.126. The average molecular weight is 226 g/mol. The maximum Gasteiger partial charge on any atom is 0.222 e. The van der Waals surface area contributed by atoms with E-state index in [1.165, 1.54) is 0 Å². The first-order chi connectivity index (χ1) is 7.66. The molecule has 0 spiro atoms. The molecule has 1 aliphatic rings. The molecule has 1 aromatic rings. The Morgan fingerprint density at radius 3 is 3.19 bits per heavy atom. The Labute approximate surface area is 93.2 Å². The molecule has 0 aliphatic carbocycles. The second-order valence-corrected chi connectivity index (χ2v) is 3.98. The lowest BCUT2D eigenvalue weighted by Gasteiger charge is -2.19. The molecule has 5 nitrogen and oxygen atoms in total. The van der Waals surface area contributed by atoms with Gasteiger partial charge in [0, 0.05) is 18.6 Å². The van der Waals surface area contributed by atoms with Gasteiger partial charge in [-0.05, 0) is 13.3 Å². The van der Waals surface area contributed by atoms with Gasteiger partial charge < -0.3 is 15.8 Å². The summed E-state index contributed by atoms with van der Waals surface area (Å²) in [4.78, 5) is 7.39. The molecule has 1 aromatic heterocycles. The number of nitrogen functional groups attached to an aromatic ring is 1. The van der Waals surface area contributed by atoms with Gasteiger partial charge in [-0.1, -0.05) is 0 Å². The Balaban J connectivity index is 2.04. The Morgan fingerprint density at radius 2 is 2.50 bits per heavy atom. The Kier molecular flexibility index (Phi) is 3.19. The molecule has 2 unspecified atom stereocenters. The van der Waals surface area contributed by atoms with Crippen LogP contribution in [-0.4, -0.2) is 29.2 Å². The number of hydrogen-bond donors (Lipinski definition) is 2. The van der Waals surface area contributed by atoms with Gasteiger partial charge in [-0.25, -0.2) is 9.37 Å². The van der Waals surface area contributed by atoms with Crippen molar-refractivity contribution in [1.29, 1.82) is 0 Å². The number of rotatable bonds is 3. The van der Waals surface area contributed by atoms with Crippen LogP contribution in [0.3, 0.4) is 0 Å². The molecule has 2 rings (SSSR count). The zero-order chi connectivity index (χ0) is 11.5. The quantitative estimate of drug-likeness (QED) is 0.805. The maximum atomic E-state index is 13.3. The van der Waals surface area contributed by atoms with E-state index in [1.807, 2.05) is 6.92 Å². The van der Waals surface area contributed by atoms with Gasteiger partial charge in [0.2, 0.25) is 5.95 Å². The van der Waals surface area contributed by atoms with Gasteiger partial charge in [-0.15, -0.1) is 0 Å². The van der Waals surface area contributed by atoms with Crippen LogP contribution in [0, 0.1) is 11.7 Å². The molecule has 0 amide bonds. The zero-order valence-electron chi connectivity index (χ0n) is 9.11. The van der Waals surface area contributed by atoms with Gasteiger partial charge in [0.15, 0.2) is 11.6 Å². The van der Waals surface area contributed by atoms with Crippen LogP contribution < -0.4 is 11.1 Å². The smallest absolute Gasteiger partial charge is 0.222 e. The number of anilines is 2. The topological polar surface area (TPSA) is 73.1 Å². The normalized spacial score (nSPS) is 22.0. The largest absolute Gasteiger partial charge is 0.381 e.